The van der Waals surface area contributed by atoms with Crippen molar-refractivity contribution in [2.24, 2.45) is 18.2 Å². The summed E-state index contributed by atoms with van der Waals surface area (Å²) in [6, 6.07) is 1.42. The van der Waals surface area contributed by atoms with Crippen LogP contribution < -0.4 is 5.73 Å². The molecule has 0 radical (unpaired) electrons. The first kappa shape index (κ1) is 15.8. The molecule has 108 valence electrons. The van der Waals surface area contributed by atoms with E-state index in [-0.39, 0.29) is 16.7 Å². The molecule has 1 heterocycles. The zero-order chi connectivity index (χ0) is 15.5. The largest absolute Gasteiger partial charge is 0.456 e. The van der Waals surface area contributed by atoms with Crippen molar-refractivity contribution in [3.05, 3.63) is 23.5 Å². The lowest BCUT2D eigenvalue weighted by molar-refractivity contribution is -0.00148. The summed E-state index contributed by atoms with van der Waals surface area (Å²) < 4.78 is 6.97. The van der Waals surface area contributed by atoms with Crippen LogP contribution in [0.4, 0.5) is 0 Å². The number of hydrogen-bond acceptors (Lipinski definition) is 3. The summed E-state index contributed by atoms with van der Waals surface area (Å²) in [5.41, 5.74) is 5.46. The van der Waals surface area contributed by atoms with Gasteiger partial charge in [-0.2, -0.15) is 0 Å². The topological polar surface area (TPSA) is 74.3 Å². The van der Waals surface area contributed by atoms with Gasteiger partial charge in [-0.3, -0.25) is 4.79 Å². The average Bonchev–Trinajstić information content (AvgIpc) is 2.69. The number of amides is 1. The van der Waals surface area contributed by atoms with Gasteiger partial charge in [-0.1, -0.05) is 20.8 Å². The monoisotopic (exact) mass is 276 g/mol. The van der Waals surface area contributed by atoms with Gasteiger partial charge in [-0.15, -0.1) is 12.3 Å². The number of carbonyl (C=O) groups is 2. The average molecular weight is 276 g/mol. The van der Waals surface area contributed by atoms with Crippen molar-refractivity contribution in [3.8, 4) is 12.3 Å². The highest BCUT2D eigenvalue weighted by atomic mass is 16.5. The molecular formula is C15H20N2O3. The standard InChI is InChI=1S/C15H20N2O3/c1-6-7-12(15(2,3)4)20-14(19)11-8-10(13(16)18)9-17(11)5/h1,8-9,12H,7H2,2-5H3,(H2,16,18)/t12-/m0/s1. The van der Waals surface area contributed by atoms with E-state index in [2.05, 4.69) is 5.92 Å². The van der Waals surface area contributed by atoms with Gasteiger partial charge in [0, 0.05) is 19.7 Å². The van der Waals surface area contributed by atoms with Gasteiger partial charge in [0.2, 0.25) is 5.91 Å². The normalized spacial score (nSPS) is 12.6. The Morgan fingerprint density at radius 3 is 2.50 bits per heavy atom. The van der Waals surface area contributed by atoms with E-state index in [1.807, 2.05) is 20.8 Å². The molecule has 0 saturated heterocycles. The number of hydrogen-bond donors (Lipinski definition) is 1. The number of aromatic nitrogens is 1. The fraction of sp³-hybridized carbons (Fsp3) is 0.467. The van der Waals surface area contributed by atoms with Crippen LogP contribution in [-0.4, -0.2) is 22.5 Å². The molecule has 1 aromatic rings. The molecule has 1 rings (SSSR count). The summed E-state index contributed by atoms with van der Waals surface area (Å²) in [6.45, 7) is 5.84. The zero-order valence-corrected chi connectivity index (χ0v) is 12.3. The Labute approximate surface area is 119 Å². The molecule has 5 heteroatoms. The van der Waals surface area contributed by atoms with E-state index in [0.29, 0.717) is 6.42 Å². The van der Waals surface area contributed by atoms with E-state index in [4.69, 9.17) is 16.9 Å². The Morgan fingerprint density at radius 1 is 1.50 bits per heavy atom. The molecule has 0 saturated carbocycles. The molecule has 0 aliphatic heterocycles. The maximum Gasteiger partial charge on any atom is 0.355 e. The van der Waals surface area contributed by atoms with E-state index in [0.717, 1.165) is 0 Å². The van der Waals surface area contributed by atoms with Crippen LogP contribution in [0.3, 0.4) is 0 Å². The summed E-state index contributed by atoms with van der Waals surface area (Å²) in [5, 5.41) is 0. The predicted octanol–water partition coefficient (Wildman–Crippen LogP) is 1.72. The summed E-state index contributed by atoms with van der Waals surface area (Å²) in [7, 11) is 1.65. The molecule has 1 aromatic heterocycles. The van der Waals surface area contributed by atoms with Gasteiger partial charge >= 0.3 is 5.97 Å². The van der Waals surface area contributed by atoms with Crippen LogP contribution in [0.25, 0.3) is 0 Å². The van der Waals surface area contributed by atoms with Gasteiger partial charge < -0.3 is 15.0 Å². The quantitative estimate of drug-likeness (QED) is 0.672. The molecule has 0 aliphatic carbocycles. The molecular weight excluding hydrogens is 256 g/mol. The molecule has 0 fully saturated rings. The lowest BCUT2D eigenvalue weighted by atomic mass is 9.87. The minimum absolute atomic E-state index is 0.264. The smallest absolute Gasteiger partial charge is 0.355 e. The highest BCUT2D eigenvalue weighted by molar-refractivity contribution is 5.96. The molecule has 0 unspecified atom stereocenters. The number of carbonyl (C=O) groups excluding carboxylic acids is 2. The Hall–Kier alpha value is -2.22. The molecule has 5 nitrogen and oxygen atoms in total. The lowest BCUT2D eigenvalue weighted by Gasteiger charge is -2.28. The molecule has 1 atom stereocenters. The van der Waals surface area contributed by atoms with Crippen molar-refractivity contribution in [1.82, 2.24) is 4.57 Å². The number of aryl methyl sites for hydroxylation is 1. The molecule has 0 aliphatic rings. The summed E-state index contributed by atoms with van der Waals surface area (Å²) in [4.78, 5) is 23.3. The SMILES string of the molecule is C#CC[C@H](OC(=O)c1cc(C(N)=O)cn1C)C(C)(C)C. The van der Waals surface area contributed by atoms with Gasteiger partial charge in [0.1, 0.15) is 11.8 Å². The first-order chi connectivity index (χ1) is 9.16. The van der Waals surface area contributed by atoms with Gasteiger partial charge in [0.05, 0.1) is 5.56 Å². The van der Waals surface area contributed by atoms with E-state index in [1.54, 1.807) is 7.05 Å². The first-order valence-electron chi connectivity index (χ1n) is 6.27. The number of ether oxygens (including phenoxy) is 1. The fourth-order valence-electron chi connectivity index (χ4n) is 1.72. The second-order valence-corrected chi connectivity index (χ2v) is 5.76. The van der Waals surface area contributed by atoms with E-state index in [9.17, 15) is 9.59 Å². The highest BCUT2D eigenvalue weighted by Crippen LogP contribution is 2.25. The van der Waals surface area contributed by atoms with Crippen LogP contribution in [-0.2, 0) is 11.8 Å². The van der Waals surface area contributed by atoms with Gasteiger partial charge in [0.25, 0.3) is 0 Å². The van der Waals surface area contributed by atoms with Crippen molar-refractivity contribution in [2.75, 3.05) is 0 Å². The number of nitrogens with two attached hydrogens (primary N) is 1. The number of primary amides is 1. The summed E-state index contributed by atoms with van der Waals surface area (Å²) in [6.07, 6.45) is 6.74. The predicted molar refractivity (Wildman–Crippen MR) is 76.0 cm³/mol. The van der Waals surface area contributed by atoms with Crippen molar-refractivity contribution < 1.29 is 14.3 Å². The maximum atomic E-state index is 12.2. The Kier molecular flexibility index (Phi) is 4.61. The molecule has 1 amide bonds. The first-order valence-corrected chi connectivity index (χ1v) is 6.27. The number of esters is 1. The minimum atomic E-state index is -0.587. The van der Waals surface area contributed by atoms with Crippen LogP contribution >= 0.6 is 0 Å². The Bertz CT molecular complexity index is 559. The minimum Gasteiger partial charge on any atom is -0.456 e. The summed E-state index contributed by atoms with van der Waals surface area (Å²) in [5.74, 6) is 1.41. The van der Waals surface area contributed by atoms with Crippen LogP contribution in [0.5, 0.6) is 0 Å². The van der Waals surface area contributed by atoms with Crippen molar-refractivity contribution in [1.29, 1.82) is 0 Å². The Morgan fingerprint density at radius 2 is 2.10 bits per heavy atom. The zero-order valence-electron chi connectivity index (χ0n) is 12.3. The summed E-state index contributed by atoms with van der Waals surface area (Å²) >= 11 is 0. The fourth-order valence-corrected chi connectivity index (χ4v) is 1.72. The van der Waals surface area contributed by atoms with Gasteiger partial charge in [0.15, 0.2) is 0 Å². The van der Waals surface area contributed by atoms with Crippen LogP contribution in [0.15, 0.2) is 12.3 Å². The third-order valence-corrected chi connectivity index (χ3v) is 3.02. The van der Waals surface area contributed by atoms with E-state index >= 15 is 0 Å². The molecule has 20 heavy (non-hydrogen) atoms. The molecule has 0 bridgehead atoms. The van der Waals surface area contributed by atoms with Crippen molar-refractivity contribution in [3.63, 3.8) is 0 Å². The van der Waals surface area contributed by atoms with E-state index in [1.165, 1.54) is 16.8 Å². The molecule has 0 aromatic carbocycles. The Balaban J connectivity index is 2.95. The van der Waals surface area contributed by atoms with Crippen molar-refractivity contribution in [2.45, 2.75) is 33.3 Å². The van der Waals surface area contributed by atoms with Gasteiger partial charge in [-0.05, 0) is 11.5 Å². The molecule has 0 spiro atoms. The second-order valence-electron chi connectivity index (χ2n) is 5.76. The van der Waals surface area contributed by atoms with Crippen LogP contribution in [0.2, 0.25) is 0 Å². The van der Waals surface area contributed by atoms with Crippen molar-refractivity contribution >= 4 is 11.9 Å². The number of rotatable bonds is 4. The van der Waals surface area contributed by atoms with Crippen LogP contribution in [0.1, 0.15) is 48.0 Å². The third kappa shape index (κ3) is 3.64. The number of terminal acetylenes is 1. The highest BCUT2D eigenvalue weighted by Gasteiger charge is 2.29. The van der Waals surface area contributed by atoms with Crippen LogP contribution in [0, 0.1) is 17.8 Å². The van der Waals surface area contributed by atoms with Gasteiger partial charge in [-0.25, -0.2) is 4.79 Å². The maximum absolute atomic E-state index is 12.2. The molecule has 2 N–H and O–H groups in total. The van der Waals surface area contributed by atoms with E-state index < -0.39 is 18.0 Å². The third-order valence-electron chi connectivity index (χ3n) is 3.02. The number of nitrogens with zero attached hydrogens (tertiary/aromatic N) is 1. The lowest BCUT2D eigenvalue weighted by Crippen LogP contribution is -2.31. The second kappa shape index (κ2) is 5.83.